The highest BCUT2D eigenvalue weighted by Crippen LogP contribution is 2.31. The van der Waals surface area contributed by atoms with Gasteiger partial charge in [-0.3, -0.25) is 9.59 Å². The molecular weight excluding hydrogens is 260 g/mol. The van der Waals surface area contributed by atoms with Crippen LogP contribution in [-0.4, -0.2) is 24.3 Å². The Morgan fingerprint density at radius 3 is 2.60 bits per heavy atom. The number of ether oxygens (including phenoxy) is 2. The van der Waals surface area contributed by atoms with E-state index in [4.69, 9.17) is 15.2 Å². The third-order valence-corrected chi connectivity index (χ3v) is 2.56. The van der Waals surface area contributed by atoms with Crippen LogP contribution in [0.2, 0.25) is 0 Å². The highest BCUT2D eigenvalue weighted by atomic mass is 16.5. The monoisotopic (exact) mass is 272 g/mol. The van der Waals surface area contributed by atoms with Gasteiger partial charge in [-0.15, -0.1) is 0 Å². The number of hydrogen-bond acceptors (Lipinski definition) is 5. The van der Waals surface area contributed by atoms with E-state index < -0.39 is 5.91 Å². The van der Waals surface area contributed by atoms with Crippen LogP contribution in [0, 0.1) is 0 Å². The Morgan fingerprint density at radius 2 is 2.05 bits per heavy atom. The number of rotatable bonds is 5. The summed E-state index contributed by atoms with van der Waals surface area (Å²) >= 11 is 0. The topological polar surface area (TPSA) is 91.5 Å². The molecule has 0 spiro atoms. The summed E-state index contributed by atoms with van der Waals surface area (Å²) in [6, 6.07) is 7.72. The van der Waals surface area contributed by atoms with E-state index in [1.165, 1.54) is 25.4 Å². The van der Waals surface area contributed by atoms with Crippen molar-refractivity contribution in [3.63, 3.8) is 0 Å². The van der Waals surface area contributed by atoms with Gasteiger partial charge in [0, 0.05) is 23.4 Å². The number of amides is 1. The summed E-state index contributed by atoms with van der Waals surface area (Å²) in [7, 11) is 1.45. The molecule has 2 rings (SSSR count). The summed E-state index contributed by atoms with van der Waals surface area (Å²) in [5, 5.41) is 0. The molecule has 0 aliphatic rings. The molecule has 0 saturated heterocycles. The van der Waals surface area contributed by atoms with E-state index >= 15 is 0 Å². The molecule has 0 unspecified atom stereocenters. The third-order valence-electron chi connectivity index (χ3n) is 2.56. The predicted molar refractivity (Wildman–Crippen MR) is 71.2 cm³/mol. The zero-order valence-electron chi connectivity index (χ0n) is 10.7. The van der Waals surface area contributed by atoms with Crippen LogP contribution in [-0.2, 0) is 0 Å². The first-order valence-corrected chi connectivity index (χ1v) is 5.71. The third kappa shape index (κ3) is 2.92. The number of aldehydes is 1. The fourth-order valence-corrected chi connectivity index (χ4v) is 1.54. The van der Waals surface area contributed by atoms with Gasteiger partial charge in [0.25, 0.3) is 0 Å². The number of pyridine rings is 1. The molecule has 6 heteroatoms. The maximum Gasteiger partial charge on any atom is 0.248 e. The molecule has 1 amide bonds. The molecule has 2 N–H and O–H groups in total. The number of benzene rings is 1. The normalized spacial score (nSPS) is 9.85. The minimum atomic E-state index is -0.552. The summed E-state index contributed by atoms with van der Waals surface area (Å²) in [6.07, 6.45) is 2.09. The van der Waals surface area contributed by atoms with Crippen molar-refractivity contribution in [2.45, 2.75) is 0 Å². The highest BCUT2D eigenvalue weighted by Gasteiger charge is 2.10. The Balaban J connectivity index is 2.27. The molecule has 0 radical (unpaired) electrons. The Morgan fingerprint density at radius 1 is 1.25 bits per heavy atom. The van der Waals surface area contributed by atoms with Gasteiger partial charge in [-0.1, -0.05) is 0 Å². The van der Waals surface area contributed by atoms with Crippen molar-refractivity contribution in [1.29, 1.82) is 0 Å². The molecule has 102 valence electrons. The Labute approximate surface area is 115 Å². The summed E-state index contributed by atoms with van der Waals surface area (Å²) in [5.41, 5.74) is 5.96. The lowest BCUT2D eigenvalue weighted by molar-refractivity contribution is 0.0999. The zero-order chi connectivity index (χ0) is 14.5. The quantitative estimate of drug-likeness (QED) is 0.838. The number of carbonyl (C=O) groups excluding carboxylic acids is 2. The van der Waals surface area contributed by atoms with E-state index in [9.17, 15) is 9.59 Å². The first kappa shape index (κ1) is 13.5. The van der Waals surface area contributed by atoms with Gasteiger partial charge < -0.3 is 15.2 Å². The molecule has 1 heterocycles. The summed E-state index contributed by atoms with van der Waals surface area (Å²) in [4.78, 5) is 25.6. The Kier molecular flexibility index (Phi) is 3.95. The number of methoxy groups -OCH3 is 1. The average molecular weight is 272 g/mol. The van der Waals surface area contributed by atoms with Gasteiger partial charge >= 0.3 is 0 Å². The SMILES string of the molecule is COc1cc(C(N)=O)ccc1Oc1ccc(C=O)cn1. The van der Waals surface area contributed by atoms with E-state index in [0.29, 0.717) is 34.8 Å². The molecule has 2 aromatic rings. The van der Waals surface area contributed by atoms with Crippen molar-refractivity contribution in [3.05, 3.63) is 47.7 Å². The second-order valence-corrected chi connectivity index (χ2v) is 3.88. The van der Waals surface area contributed by atoms with Crippen molar-refractivity contribution >= 4 is 12.2 Å². The second kappa shape index (κ2) is 5.83. The minimum Gasteiger partial charge on any atom is -0.493 e. The Bertz CT molecular complexity index is 638. The summed E-state index contributed by atoms with van der Waals surface area (Å²) in [6.45, 7) is 0. The lowest BCUT2D eigenvalue weighted by Gasteiger charge is -2.10. The molecule has 20 heavy (non-hydrogen) atoms. The van der Waals surface area contributed by atoms with E-state index in [0.717, 1.165) is 0 Å². The molecule has 0 aliphatic heterocycles. The van der Waals surface area contributed by atoms with Crippen molar-refractivity contribution in [1.82, 2.24) is 4.98 Å². The number of nitrogens with zero attached hydrogens (tertiary/aromatic N) is 1. The van der Waals surface area contributed by atoms with Crippen LogP contribution in [0.5, 0.6) is 17.4 Å². The highest BCUT2D eigenvalue weighted by molar-refractivity contribution is 5.93. The van der Waals surface area contributed by atoms with Crippen LogP contribution < -0.4 is 15.2 Å². The van der Waals surface area contributed by atoms with Gasteiger partial charge in [-0.2, -0.15) is 0 Å². The molecule has 0 saturated carbocycles. The molecule has 1 aromatic carbocycles. The standard InChI is InChI=1S/C14H12N2O4/c1-19-12-6-10(14(15)18)3-4-11(12)20-13-5-2-9(8-17)7-16-13/h2-8H,1H3,(H2,15,18). The van der Waals surface area contributed by atoms with Gasteiger partial charge in [0.15, 0.2) is 17.8 Å². The average Bonchev–Trinajstić information content (AvgIpc) is 2.48. The van der Waals surface area contributed by atoms with E-state index in [-0.39, 0.29) is 0 Å². The summed E-state index contributed by atoms with van der Waals surface area (Å²) in [5.74, 6) is 0.510. The zero-order valence-corrected chi connectivity index (χ0v) is 10.7. The molecular formula is C14H12N2O4. The summed E-state index contributed by atoms with van der Waals surface area (Å²) < 4.78 is 10.7. The smallest absolute Gasteiger partial charge is 0.248 e. The van der Waals surface area contributed by atoms with Gasteiger partial charge in [-0.05, 0) is 24.3 Å². The van der Waals surface area contributed by atoms with Crippen LogP contribution in [0.25, 0.3) is 0 Å². The number of carbonyl (C=O) groups is 2. The van der Waals surface area contributed by atoms with Crippen molar-refractivity contribution in [3.8, 4) is 17.4 Å². The van der Waals surface area contributed by atoms with Gasteiger partial charge in [0.05, 0.1) is 7.11 Å². The van der Waals surface area contributed by atoms with Crippen molar-refractivity contribution in [2.75, 3.05) is 7.11 Å². The molecule has 0 bridgehead atoms. The molecule has 0 atom stereocenters. The lowest BCUT2D eigenvalue weighted by atomic mass is 10.2. The molecule has 0 fully saturated rings. The number of primary amides is 1. The first-order valence-electron chi connectivity index (χ1n) is 5.71. The van der Waals surface area contributed by atoms with Crippen LogP contribution in [0.4, 0.5) is 0 Å². The largest absolute Gasteiger partial charge is 0.493 e. The second-order valence-electron chi connectivity index (χ2n) is 3.88. The number of hydrogen-bond donors (Lipinski definition) is 1. The van der Waals surface area contributed by atoms with Gasteiger partial charge in [0.2, 0.25) is 11.8 Å². The van der Waals surface area contributed by atoms with Crippen LogP contribution in [0.15, 0.2) is 36.5 Å². The minimum absolute atomic E-state index is 0.306. The van der Waals surface area contributed by atoms with Crippen LogP contribution in [0.1, 0.15) is 20.7 Å². The van der Waals surface area contributed by atoms with Crippen molar-refractivity contribution in [2.24, 2.45) is 5.73 Å². The molecule has 0 aliphatic carbocycles. The van der Waals surface area contributed by atoms with Crippen molar-refractivity contribution < 1.29 is 19.1 Å². The van der Waals surface area contributed by atoms with Gasteiger partial charge in [0.1, 0.15) is 0 Å². The maximum atomic E-state index is 11.1. The Hall–Kier alpha value is -2.89. The van der Waals surface area contributed by atoms with Crippen LogP contribution >= 0.6 is 0 Å². The fraction of sp³-hybridized carbons (Fsp3) is 0.0714. The fourth-order valence-electron chi connectivity index (χ4n) is 1.54. The maximum absolute atomic E-state index is 11.1. The number of nitrogens with two attached hydrogens (primary N) is 1. The molecule has 1 aromatic heterocycles. The van der Waals surface area contributed by atoms with Gasteiger partial charge in [-0.25, -0.2) is 4.98 Å². The van der Waals surface area contributed by atoms with E-state index in [2.05, 4.69) is 4.98 Å². The van der Waals surface area contributed by atoms with E-state index in [1.807, 2.05) is 0 Å². The number of aromatic nitrogens is 1. The van der Waals surface area contributed by atoms with Crippen LogP contribution in [0.3, 0.4) is 0 Å². The lowest BCUT2D eigenvalue weighted by Crippen LogP contribution is -2.10. The molecule has 6 nitrogen and oxygen atoms in total. The van der Waals surface area contributed by atoms with E-state index in [1.54, 1.807) is 18.2 Å². The predicted octanol–water partition coefficient (Wildman–Crippen LogP) is 1.79. The first-order chi connectivity index (χ1) is 9.63.